The van der Waals surface area contributed by atoms with E-state index in [9.17, 15) is 13.2 Å². The van der Waals surface area contributed by atoms with Crippen molar-refractivity contribution in [1.29, 1.82) is 0 Å². The third-order valence-electron chi connectivity index (χ3n) is 4.06. The Bertz CT molecular complexity index is 627. The van der Waals surface area contributed by atoms with Gasteiger partial charge in [0, 0.05) is 17.7 Å². The quantitative estimate of drug-likeness (QED) is 0.820. The van der Waals surface area contributed by atoms with Gasteiger partial charge in [-0.05, 0) is 49.9 Å². The molecule has 1 heterocycles. The number of sulfone groups is 1. The van der Waals surface area contributed by atoms with Crippen molar-refractivity contribution in [3.05, 3.63) is 29.8 Å². The van der Waals surface area contributed by atoms with Gasteiger partial charge >= 0.3 is 0 Å². The number of carbonyl (C=O) groups is 1. The average molecular weight is 379 g/mol. The number of nitrogens with one attached hydrogen (secondary N) is 2. The molecule has 1 aliphatic heterocycles. The minimum absolute atomic E-state index is 0. The molecule has 2 N–H and O–H groups in total. The number of benzene rings is 1. The third-order valence-corrected chi connectivity index (χ3v) is 6.69. The van der Waals surface area contributed by atoms with Crippen LogP contribution in [0.25, 0.3) is 0 Å². The number of hydrogen-bond acceptors (Lipinski definition) is 5. The molecule has 0 atom stereocenters. The zero-order chi connectivity index (χ0) is 16.2. The summed E-state index contributed by atoms with van der Waals surface area (Å²) in [6.45, 7) is 1.07. The standard InChI is InChI=1S/C15H22N2O3S2.ClH/c1-21-11-12-3-5-13(6-4-12)17-14(18)15(22(2,19)20)7-9-16-10-8-15;/h3-6,16H,7-11H2,1-2H3,(H,17,18);1H. The van der Waals surface area contributed by atoms with Crippen LogP contribution in [0.15, 0.2) is 24.3 Å². The minimum atomic E-state index is -3.48. The second-order valence-electron chi connectivity index (χ2n) is 5.60. The van der Waals surface area contributed by atoms with Crippen LogP contribution in [-0.4, -0.2) is 44.7 Å². The number of halogens is 1. The lowest BCUT2D eigenvalue weighted by molar-refractivity contribution is -0.119. The lowest BCUT2D eigenvalue weighted by atomic mass is 9.95. The molecule has 130 valence electrons. The predicted octanol–water partition coefficient (Wildman–Crippen LogP) is 2.08. The molecule has 0 radical (unpaired) electrons. The van der Waals surface area contributed by atoms with Crippen molar-refractivity contribution in [2.75, 3.05) is 30.9 Å². The summed E-state index contributed by atoms with van der Waals surface area (Å²) in [5.74, 6) is 0.488. The molecule has 1 aliphatic rings. The van der Waals surface area contributed by atoms with Crippen LogP contribution in [0.3, 0.4) is 0 Å². The second kappa shape index (κ2) is 8.37. The zero-order valence-corrected chi connectivity index (χ0v) is 15.7. The zero-order valence-electron chi connectivity index (χ0n) is 13.3. The Balaban J connectivity index is 0.00000264. The Hall–Kier alpha value is -0.760. The summed E-state index contributed by atoms with van der Waals surface area (Å²) in [7, 11) is -3.48. The molecule has 0 aliphatic carbocycles. The van der Waals surface area contributed by atoms with Gasteiger partial charge in [-0.25, -0.2) is 8.42 Å². The van der Waals surface area contributed by atoms with Crippen LogP contribution in [0, 0.1) is 0 Å². The molecule has 8 heteroatoms. The molecule has 23 heavy (non-hydrogen) atoms. The molecule has 0 aromatic heterocycles. The van der Waals surface area contributed by atoms with Gasteiger partial charge in [-0.2, -0.15) is 11.8 Å². The maximum atomic E-state index is 12.6. The number of hydrogen-bond donors (Lipinski definition) is 2. The van der Waals surface area contributed by atoms with E-state index in [2.05, 4.69) is 10.6 Å². The highest BCUT2D eigenvalue weighted by molar-refractivity contribution is 7.97. The van der Waals surface area contributed by atoms with Crippen LogP contribution in [0.4, 0.5) is 5.69 Å². The highest BCUT2D eigenvalue weighted by Crippen LogP contribution is 2.29. The maximum absolute atomic E-state index is 12.6. The number of carbonyl (C=O) groups excluding carboxylic acids is 1. The summed E-state index contributed by atoms with van der Waals surface area (Å²) in [4.78, 5) is 12.6. The number of piperidine rings is 1. The number of anilines is 1. The molecule has 1 saturated heterocycles. The summed E-state index contributed by atoms with van der Waals surface area (Å²) in [6, 6.07) is 7.53. The number of thioether (sulfide) groups is 1. The van der Waals surface area contributed by atoms with E-state index in [0.29, 0.717) is 31.6 Å². The van der Waals surface area contributed by atoms with E-state index < -0.39 is 20.5 Å². The van der Waals surface area contributed by atoms with Crippen LogP contribution in [-0.2, 0) is 20.4 Å². The van der Waals surface area contributed by atoms with E-state index in [-0.39, 0.29) is 12.4 Å². The van der Waals surface area contributed by atoms with Gasteiger partial charge in [0.25, 0.3) is 0 Å². The predicted molar refractivity (Wildman–Crippen MR) is 99.2 cm³/mol. The lowest BCUT2D eigenvalue weighted by Crippen LogP contribution is -2.55. The van der Waals surface area contributed by atoms with Gasteiger partial charge in [0.2, 0.25) is 5.91 Å². The molecule has 0 saturated carbocycles. The summed E-state index contributed by atoms with van der Waals surface area (Å²) < 4.78 is 23.1. The van der Waals surface area contributed by atoms with Gasteiger partial charge in [0.1, 0.15) is 0 Å². The van der Waals surface area contributed by atoms with Crippen LogP contribution >= 0.6 is 24.2 Å². The minimum Gasteiger partial charge on any atom is -0.325 e. The average Bonchev–Trinajstić information content (AvgIpc) is 2.49. The van der Waals surface area contributed by atoms with Gasteiger partial charge in [-0.15, -0.1) is 12.4 Å². The van der Waals surface area contributed by atoms with E-state index in [0.717, 1.165) is 12.0 Å². The molecule has 5 nitrogen and oxygen atoms in total. The van der Waals surface area contributed by atoms with E-state index in [1.807, 2.05) is 30.5 Å². The van der Waals surface area contributed by atoms with Crippen molar-refractivity contribution in [1.82, 2.24) is 5.32 Å². The van der Waals surface area contributed by atoms with Gasteiger partial charge in [-0.3, -0.25) is 4.79 Å². The van der Waals surface area contributed by atoms with Gasteiger partial charge in [-0.1, -0.05) is 12.1 Å². The Morgan fingerprint density at radius 3 is 2.30 bits per heavy atom. The molecule has 0 bridgehead atoms. The number of amides is 1. The van der Waals surface area contributed by atoms with Crippen molar-refractivity contribution in [3.63, 3.8) is 0 Å². The SMILES string of the molecule is CSCc1ccc(NC(=O)C2(S(C)(=O)=O)CCNCC2)cc1.Cl. The monoisotopic (exact) mass is 378 g/mol. The Labute approximate surface area is 148 Å². The van der Waals surface area contributed by atoms with Crippen molar-refractivity contribution in [2.24, 2.45) is 0 Å². The summed E-state index contributed by atoms with van der Waals surface area (Å²) in [5, 5.41) is 5.88. The van der Waals surface area contributed by atoms with E-state index in [1.165, 1.54) is 5.56 Å². The first-order valence-electron chi connectivity index (χ1n) is 7.19. The lowest BCUT2D eigenvalue weighted by Gasteiger charge is -2.34. The van der Waals surface area contributed by atoms with E-state index in [4.69, 9.17) is 0 Å². The third kappa shape index (κ3) is 4.62. The molecular formula is C15H23ClN2O3S2. The van der Waals surface area contributed by atoms with Gasteiger partial charge < -0.3 is 10.6 Å². The highest BCUT2D eigenvalue weighted by atomic mass is 35.5. The molecule has 0 spiro atoms. The van der Waals surface area contributed by atoms with Crippen molar-refractivity contribution in [3.8, 4) is 0 Å². The van der Waals surface area contributed by atoms with Gasteiger partial charge in [0.15, 0.2) is 14.6 Å². The maximum Gasteiger partial charge on any atom is 0.245 e. The fourth-order valence-electron chi connectivity index (χ4n) is 2.69. The van der Waals surface area contributed by atoms with Crippen molar-refractivity contribution >= 4 is 45.6 Å². The smallest absolute Gasteiger partial charge is 0.245 e. The van der Waals surface area contributed by atoms with Crippen LogP contribution in [0.1, 0.15) is 18.4 Å². The largest absolute Gasteiger partial charge is 0.325 e. The van der Waals surface area contributed by atoms with Crippen LogP contribution in [0.2, 0.25) is 0 Å². The fraction of sp³-hybridized carbons (Fsp3) is 0.533. The summed E-state index contributed by atoms with van der Waals surface area (Å²) in [5.41, 5.74) is 1.81. The normalized spacial score (nSPS) is 17.1. The molecule has 2 rings (SSSR count). The molecule has 0 unspecified atom stereocenters. The van der Waals surface area contributed by atoms with E-state index >= 15 is 0 Å². The molecule has 1 aromatic carbocycles. The van der Waals surface area contributed by atoms with E-state index in [1.54, 1.807) is 11.8 Å². The van der Waals surface area contributed by atoms with Crippen LogP contribution < -0.4 is 10.6 Å². The first kappa shape index (κ1) is 20.3. The van der Waals surface area contributed by atoms with Gasteiger partial charge in [0.05, 0.1) is 0 Å². The number of rotatable bonds is 5. The first-order valence-corrected chi connectivity index (χ1v) is 10.5. The second-order valence-corrected chi connectivity index (χ2v) is 8.79. The Morgan fingerprint density at radius 1 is 1.26 bits per heavy atom. The van der Waals surface area contributed by atoms with Crippen molar-refractivity contribution < 1.29 is 13.2 Å². The fourth-order valence-corrected chi connectivity index (χ4v) is 4.55. The van der Waals surface area contributed by atoms with Crippen molar-refractivity contribution in [2.45, 2.75) is 23.3 Å². The Morgan fingerprint density at radius 2 is 1.83 bits per heavy atom. The summed E-state index contributed by atoms with van der Waals surface area (Å²) in [6.07, 6.45) is 3.80. The molecular weight excluding hydrogens is 356 g/mol. The molecule has 1 amide bonds. The molecule has 1 fully saturated rings. The summed E-state index contributed by atoms with van der Waals surface area (Å²) >= 11 is 1.73. The topological polar surface area (TPSA) is 75.3 Å². The first-order chi connectivity index (χ1) is 10.4. The highest BCUT2D eigenvalue weighted by Gasteiger charge is 2.48. The Kier molecular flexibility index (Phi) is 7.38. The van der Waals surface area contributed by atoms with Crippen LogP contribution in [0.5, 0.6) is 0 Å². The molecule has 1 aromatic rings.